The van der Waals surface area contributed by atoms with E-state index in [1.54, 1.807) is 0 Å². The van der Waals surface area contributed by atoms with Crippen molar-refractivity contribution >= 4 is 18.9 Å². The third-order valence-corrected chi connectivity index (χ3v) is 0.607. The van der Waals surface area contributed by atoms with Crippen molar-refractivity contribution in [3.05, 3.63) is 36.4 Å². The van der Waals surface area contributed by atoms with E-state index in [0.717, 1.165) is 0 Å². The third-order valence-electron chi connectivity index (χ3n) is 0.607. The fraction of sp³-hybridized carbons (Fsp3) is 0. The maximum atomic E-state index is 2.89. The average molecular weight is 91.0 g/mol. The SMILES string of the molecule is [Li+].[Li].[c-]1ccccc1. The zero-order chi connectivity index (χ0) is 4.24. The minimum atomic E-state index is 0. The topological polar surface area (TPSA) is 0 Å². The van der Waals surface area contributed by atoms with Gasteiger partial charge in [0.1, 0.15) is 0 Å². The van der Waals surface area contributed by atoms with Crippen molar-refractivity contribution in [3.8, 4) is 0 Å². The monoisotopic (exact) mass is 91.1 g/mol. The first-order valence-electron chi connectivity index (χ1n) is 1.91. The Hall–Kier alpha value is 0.415. The van der Waals surface area contributed by atoms with E-state index in [1.807, 2.05) is 30.3 Å². The summed E-state index contributed by atoms with van der Waals surface area (Å²) in [4.78, 5) is 0. The fourth-order valence-electron chi connectivity index (χ4n) is 0.342. The Bertz CT molecular complexity index is 78.5. The van der Waals surface area contributed by atoms with E-state index in [4.69, 9.17) is 0 Å². The van der Waals surface area contributed by atoms with Gasteiger partial charge < -0.3 is 0 Å². The molecule has 1 radical (unpaired) electrons. The minimum Gasteiger partial charge on any atom is -0.184 e. The van der Waals surface area contributed by atoms with Crippen molar-refractivity contribution in [2.24, 2.45) is 0 Å². The largest absolute Gasteiger partial charge is 1.00 e. The molecule has 0 atom stereocenters. The summed E-state index contributed by atoms with van der Waals surface area (Å²) in [5.74, 6) is 0. The quantitative estimate of drug-likeness (QED) is 0.258. The van der Waals surface area contributed by atoms with Crippen LogP contribution in [0.3, 0.4) is 0 Å². The van der Waals surface area contributed by atoms with Gasteiger partial charge in [0.05, 0.1) is 0 Å². The number of rotatable bonds is 0. The predicted octanol–water partition coefficient (Wildman–Crippen LogP) is -1.89. The molecule has 0 unspecified atom stereocenters. The van der Waals surface area contributed by atoms with Gasteiger partial charge in [-0.2, -0.15) is 36.4 Å². The molecule has 1 aromatic carbocycles. The van der Waals surface area contributed by atoms with Crippen molar-refractivity contribution in [1.82, 2.24) is 0 Å². The predicted molar refractivity (Wildman–Crippen MR) is 31.0 cm³/mol. The molecule has 2 heteroatoms. The van der Waals surface area contributed by atoms with Crippen molar-refractivity contribution < 1.29 is 18.9 Å². The summed E-state index contributed by atoms with van der Waals surface area (Å²) < 4.78 is 0. The van der Waals surface area contributed by atoms with E-state index in [9.17, 15) is 0 Å². The molecule has 1 rings (SSSR count). The van der Waals surface area contributed by atoms with Crippen LogP contribution < -0.4 is 18.9 Å². The molecule has 1 aromatic rings. The molecule has 0 aliphatic heterocycles. The van der Waals surface area contributed by atoms with Gasteiger partial charge in [0, 0.05) is 18.9 Å². The molecule has 0 spiro atoms. The first-order chi connectivity index (χ1) is 3.00. The Kier molecular flexibility index (Phi) is 10.4. The zero-order valence-corrected chi connectivity index (χ0v) is 5.39. The Morgan fingerprint density at radius 2 is 1.38 bits per heavy atom. The molecular weight excluding hydrogens is 85.9 g/mol. The molecule has 0 amide bonds. The van der Waals surface area contributed by atoms with Gasteiger partial charge in [-0.05, 0) is 0 Å². The van der Waals surface area contributed by atoms with E-state index in [0.29, 0.717) is 0 Å². The molecule has 0 bridgehead atoms. The van der Waals surface area contributed by atoms with E-state index >= 15 is 0 Å². The van der Waals surface area contributed by atoms with Crippen molar-refractivity contribution in [3.63, 3.8) is 0 Å². The van der Waals surface area contributed by atoms with Gasteiger partial charge in [-0.25, -0.2) is 0 Å². The van der Waals surface area contributed by atoms with Gasteiger partial charge in [-0.15, -0.1) is 0 Å². The third kappa shape index (κ3) is 4.57. The summed E-state index contributed by atoms with van der Waals surface area (Å²) in [5, 5.41) is 0. The van der Waals surface area contributed by atoms with Gasteiger partial charge in [-0.3, -0.25) is 0 Å². The molecule has 0 heterocycles. The van der Waals surface area contributed by atoms with Gasteiger partial charge in [0.2, 0.25) is 0 Å². The standard InChI is InChI=1S/C6H5.2Li/c1-2-4-6-5-3-1;;/h1-5H;;/q-1;;+1. The second-order valence-electron chi connectivity index (χ2n) is 1.08. The van der Waals surface area contributed by atoms with E-state index in [2.05, 4.69) is 6.07 Å². The van der Waals surface area contributed by atoms with Crippen LogP contribution in [-0.4, -0.2) is 18.9 Å². The summed E-state index contributed by atoms with van der Waals surface area (Å²) >= 11 is 0. The van der Waals surface area contributed by atoms with E-state index in [-0.39, 0.29) is 37.7 Å². The molecule has 0 aliphatic rings. The first-order valence-corrected chi connectivity index (χ1v) is 1.91. The molecule has 0 N–H and O–H groups in total. The Morgan fingerprint density at radius 1 is 0.875 bits per heavy atom. The molecule has 0 saturated heterocycles. The second kappa shape index (κ2) is 7.41. The average Bonchev–Trinajstić information content (AvgIpc) is 1.72. The van der Waals surface area contributed by atoms with Crippen LogP contribution in [0.25, 0.3) is 0 Å². The Labute approximate surface area is 74.0 Å². The van der Waals surface area contributed by atoms with Crippen LogP contribution in [0.15, 0.2) is 30.3 Å². The maximum Gasteiger partial charge on any atom is 1.00 e. The Balaban J connectivity index is 0. The smallest absolute Gasteiger partial charge is 0.184 e. The summed E-state index contributed by atoms with van der Waals surface area (Å²) in [6.45, 7) is 0. The molecule has 0 saturated carbocycles. The van der Waals surface area contributed by atoms with E-state index in [1.165, 1.54) is 0 Å². The maximum absolute atomic E-state index is 2.89. The molecular formula is C6H5Li2. The molecule has 8 heavy (non-hydrogen) atoms. The van der Waals surface area contributed by atoms with Crippen LogP contribution >= 0.6 is 0 Å². The van der Waals surface area contributed by atoms with Crippen molar-refractivity contribution in [1.29, 1.82) is 0 Å². The van der Waals surface area contributed by atoms with Crippen molar-refractivity contribution in [2.45, 2.75) is 0 Å². The number of hydrogen-bond acceptors (Lipinski definition) is 0. The van der Waals surface area contributed by atoms with Crippen LogP contribution in [0, 0.1) is 6.07 Å². The number of hydrogen-bond donors (Lipinski definition) is 0. The van der Waals surface area contributed by atoms with Crippen LogP contribution in [0.1, 0.15) is 0 Å². The first kappa shape index (κ1) is 11.2. The molecule has 0 fully saturated rings. The summed E-state index contributed by atoms with van der Waals surface area (Å²) in [6.07, 6.45) is 0. The van der Waals surface area contributed by atoms with Crippen molar-refractivity contribution in [2.75, 3.05) is 0 Å². The van der Waals surface area contributed by atoms with Gasteiger partial charge >= 0.3 is 18.9 Å². The summed E-state index contributed by atoms with van der Waals surface area (Å²) in [5.41, 5.74) is 0. The molecule has 31 valence electrons. The minimum absolute atomic E-state index is 0. The van der Waals surface area contributed by atoms with Gasteiger partial charge in [-0.1, -0.05) is 0 Å². The fourth-order valence-corrected chi connectivity index (χ4v) is 0.342. The van der Waals surface area contributed by atoms with Gasteiger partial charge in [0.25, 0.3) is 0 Å². The Morgan fingerprint density at radius 3 is 1.50 bits per heavy atom. The number of benzene rings is 1. The molecule has 0 aliphatic carbocycles. The van der Waals surface area contributed by atoms with E-state index < -0.39 is 0 Å². The summed E-state index contributed by atoms with van der Waals surface area (Å²) in [6, 6.07) is 12.5. The normalized spacial score (nSPS) is 6.00. The van der Waals surface area contributed by atoms with Gasteiger partial charge in [0.15, 0.2) is 0 Å². The molecule has 0 aromatic heterocycles. The second-order valence-corrected chi connectivity index (χ2v) is 1.08. The van der Waals surface area contributed by atoms with Crippen LogP contribution in [-0.2, 0) is 0 Å². The summed E-state index contributed by atoms with van der Waals surface area (Å²) in [7, 11) is 0. The van der Waals surface area contributed by atoms with Crippen LogP contribution in [0.2, 0.25) is 0 Å². The molecule has 0 nitrogen and oxygen atoms in total. The van der Waals surface area contributed by atoms with Crippen LogP contribution in [0.4, 0.5) is 0 Å². The van der Waals surface area contributed by atoms with Crippen LogP contribution in [0.5, 0.6) is 0 Å². The zero-order valence-electron chi connectivity index (χ0n) is 5.39.